The van der Waals surface area contributed by atoms with Crippen LogP contribution in [0.5, 0.6) is 0 Å². The molecule has 0 atom stereocenters. The molecule has 0 bridgehead atoms. The minimum absolute atomic E-state index is 0.293. The molecular formula is C20H18F3N3O. The van der Waals surface area contributed by atoms with Gasteiger partial charge in [0.2, 0.25) is 0 Å². The van der Waals surface area contributed by atoms with Crippen LogP contribution in [0.25, 0.3) is 0 Å². The predicted molar refractivity (Wildman–Crippen MR) is 97.1 cm³/mol. The summed E-state index contributed by atoms with van der Waals surface area (Å²) in [6.07, 6.45) is 2.69. The largest absolute Gasteiger partial charge is 0.416 e. The molecule has 0 aliphatic rings. The molecule has 0 fully saturated rings. The number of carbonyl (C=O) groups excluding carboxylic acids is 1. The Bertz CT molecular complexity index is 863. The molecule has 1 aromatic carbocycles. The van der Waals surface area contributed by atoms with Gasteiger partial charge in [0.25, 0.3) is 5.91 Å². The van der Waals surface area contributed by atoms with Crippen LogP contribution in [-0.2, 0) is 6.18 Å². The molecule has 2 rings (SSSR count). The second-order valence-corrected chi connectivity index (χ2v) is 5.69. The molecule has 0 aliphatic carbocycles. The molecule has 0 spiro atoms. The predicted octanol–water partition coefficient (Wildman–Crippen LogP) is 4.41. The van der Waals surface area contributed by atoms with Gasteiger partial charge in [-0.05, 0) is 30.2 Å². The van der Waals surface area contributed by atoms with Crippen LogP contribution in [0.15, 0.2) is 47.8 Å². The van der Waals surface area contributed by atoms with Crippen LogP contribution in [0, 0.1) is 11.8 Å². The minimum Gasteiger partial charge on any atom is -0.267 e. The third-order valence-corrected chi connectivity index (χ3v) is 3.51. The number of pyridine rings is 1. The summed E-state index contributed by atoms with van der Waals surface area (Å²) in [6.45, 7) is 2.08. The third kappa shape index (κ3) is 6.59. The zero-order valence-corrected chi connectivity index (χ0v) is 14.7. The highest BCUT2D eigenvalue weighted by molar-refractivity contribution is 5.94. The second-order valence-electron chi connectivity index (χ2n) is 5.69. The molecular weight excluding hydrogens is 355 g/mol. The van der Waals surface area contributed by atoms with Gasteiger partial charge in [-0.25, -0.2) is 5.43 Å². The maximum atomic E-state index is 12.5. The second kappa shape index (κ2) is 9.53. The van der Waals surface area contributed by atoms with Crippen molar-refractivity contribution in [3.05, 3.63) is 65.0 Å². The van der Waals surface area contributed by atoms with E-state index in [0.29, 0.717) is 16.7 Å². The van der Waals surface area contributed by atoms with E-state index in [-0.39, 0.29) is 0 Å². The lowest BCUT2D eigenvalue weighted by molar-refractivity contribution is -0.137. The monoisotopic (exact) mass is 373 g/mol. The van der Waals surface area contributed by atoms with Crippen LogP contribution in [-0.4, -0.2) is 17.1 Å². The summed E-state index contributed by atoms with van der Waals surface area (Å²) in [4.78, 5) is 16.1. The molecule has 0 saturated heterocycles. The van der Waals surface area contributed by atoms with Gasteiger partial charge in [0.1, 0.15) is 0 Å². The van der Waals surface area contributed by atoms with Gasteiger partial charge in [0.15, 0.2) is 0 Å². The first-order valence-electron chi connectivity index (χ1n) is 8.34. The summed E-state index contributed by atoms with van der Waals surface area (Å²) in [5.74, 6) is 5.48. The van der Waals surface area contributed by atoms with E-state index >= 15 is 0 Å². The van der Waals surface area contributed by atoms with Crippen LogP contribution in [0.1, 0.15) is 53.2 Å². The van der Waals surface area contributed by atoms with Crippen molar-refractivity contribution in [2.45, 2.75) is 32.4 Å². The summed E-state index contributed by atoms with van der Waals surface area (Å²) < 4.78 is 37.5. The lowest BCUT2D eigenvalue weighted by Crippen LogP contribution is -2.18. The molecule has 0 unspecified atom stereocenters. The molecule has 1 N–H and O–H groups in total. The van der Waals surface area contributed by atoms with E-state index < -0.39 is 17.6 Å². The molecule has 1 aromatic heterocycles. The van der Waals surface area contributed by atoms with Crippen LogP contribution in [0.4, 0.5) is 13.2 Å². The summed E-state index contributed by atoms with van der Waals surface area (Å²) >= 11 is 0. The van der Waals surface area contributed by atoms with Crippen molar-refractivity contribution in [1.82, 2.24) is 10.4 Å². The number of nitrogens with zero attached hydrogens (tertiary/aromatic N) is 2. The van der Waals surface area contributed by atoms with Crippen molar-refractivity contribution >= 4 is 12.1 Å². The lowest BCUT2D eigenvalue weighted by atomic mass is 10.1. The van der Waals surface area contributed by atoms with Crippen molar-refractivity contribution in [1.29, 1.82) is 0 Å². The number of hydrazone groups is 1. The smallest absolute Gasteiger partial charge is 0.267 e. The SMILES string of the molecule is CCCCC#Cc1cncc(C(=O)N/N=C\c2ccc(C(F)(F)F)cc2)c1. The summed E-state index contributed by atoms with van der Waals surface area (Å²) in [6, 6.07) is 6.05. The van der Waals surface area contributed by atoms with Crippen molar-refractivity contribution < 1.29 is 18.0 Å². The van der Waals surface area contributed by atoms with Crippen molar-refractivity contribution in [2.75, 3.05) is 0 Å². The summed E-state index contributed by atoms with van der Waals surface area (Å²) in [5.41, 5.74) is 2.92. The highest BCUT2D eigenvalue weighted by Crippen LogP contribution is 2.28. The van der Waals surface area contributed by atoms with E-state index in [1.54, 1.807) is 12.3 Å². The number of alkyl halides is 3. The van der Waals surface area contributed by atoms with Crippen LogP contribution in [0.3, 0.4) is 0 Å². The first-order chi connectivity index (χ1) is 12.9. The molecule has 1 heterocycles. The van der Waals surface area contributed by atoms with Gasteiger partial charge in [0, 0.05) is 24.4 Å². The van der Waals surface area contributed by atoms with Gasteiger partial charge in [-0.3, -0.25) is 9.78 Å². The molecule has 1 amide bonds. The van der Waals surface area contributed by atoms with E-state index in [4.69, 9.17) is 0 Å². The highest BCUT2D eigenvalue weighted by atomic mass is 19.4. The first kappa shape index (κ1) is 20.2. The minimum atomic E-state index is -4.39. The Balaban J connectivity index is 1.97. The maximum absolute atomic E-state index is 12.5. The van der Waals surface area contributed by atoms with Gasteiger partial charge >= 0.3 is 6.18 Å². The Kier molecular flexibility index (Phi) is 7.12. The number of aromatic nitrogens is 1. The van der Waals surface area contributed by atoms with Crippen LogP contribution < -0.4 is 5.43 Å². The molecule has 4 nitrogen and oxygen atoms in total. The number of carbonyl (C=O) groups is 1. The number of hydrogen-bond acceptors (Lipinski definition) is 3. The topological polar surface area (TPSA) is 54.4 Å². The van der Waals surface area contributed by atoms with E-state index in [1.165, 1.54) is 24.5 Å². The third-order valence-electron chi connectivity index (χ3n) is 3.51. The van der Waals surface area contributed by atoms with E-state index in [0.717, 1.165) is 31.4 Å². The van der Waals surface area contributed by atoms with Crippen molar-refractivity contribution in [2.24, 2.45) is 5.10 Å². The first-order valence-corrected chi connectivity index (χ1v) is 8.34. The fourth-order valence-electron chi connectivity index (χ4n) is 2.05. The molecule has 0 saturated carbocycles. The van der Waals surface area contributed by atoms with Crippen molar-refractivity contribution in [3.63, 3.8) is 0 Å². The van der Waals surface area contributed by atoms with E-state index in [2.05, 4.69) is 34.3 Å². The zero-order chi connectivity index (χ0) is 19.7. The summed E-state index contributed by atoms with van der Waals surface area (Å²) in [5, 5.41) is 3.76. The average Bonchev–Trinajstić information content (AvgIpc) is 2.65. The van der Waals surface area contributed by atoms with E-state index in [1.807, 2.05) is 0 Å². The number of amides is 1. The zero-order valence-electron chi connectivity index (χ0n) is 14.7. The van der Waals surface area contributed by atoms with Gasteiger partial charge in [0.05, 0.1) is 17.3 Å². The van der Waals surface area contributed by atoms with Gasteiger partial charge in [-0.2, -0.15) is 18.3 Å². The Morgan fingerprint density at radius 2 is 2.00 bits per heavy atom. The Hall–Kier alpha value is -3.14. The standard InChI is InChI=1S/C20H18F3N3O/c1-2-3-4-5-6-16-11-17(14-24-12-16)19(27)26-25-13-15-7-9-18(10-8-15)20(21,22)23/h7-14H,2-4H2,1H3,(H,26,27)/b25-13-. The molecule has 140 valence electrons. The molecule has 2 aromatic rings. The molecule has 27 heavy (non-hydrogen) atoms. The quantitative estimate of drug-likeness (QED) is 0.365. The lowest BCUT2D eigenvalue weighted by Gasteiger charge is -2.05. The number of benzene rings is 1. The maximum Gasteiger partial charge on any atom is 0.416 e. The average molecular weight is 373 g/mol. The van der Waals surface area contributed by atoms with Gasteiger partial charge in [-0.1, -0.05) is 37.3 Å². The summed E-state index contributed by atoms with van der Waals surface area (Å²) in [7, 11) is 0. The number of halogens is 3. The number of rotatable bonds is 5. The highest BCUT2D eigenvalue weighted by Gasteiger charge is 2.29. The Morgan fingerprint density at radius 3 is 2.67 bits per heavy atom. The number of nitrogens with one attached hydrogen (secondary N) is 1. The Labute approximate surface area is 155 Å². The van der Waals surface area contributed by atoms with Gasteiger partial charge < -0.3 is 0 Å². The van der Waals surface area contributed by atoms with Crippen LogP contribution in [0.2, 0.25) is 0 Å². The molecule has 0 aliphatic heterocycles. The molecule has 0 radical (unpaired) electrons. The number of hydrogen-bond donors (Lipinski definition) is 1. The van der Waals surface area contributed by atoms with Gasteiger partial charge in [-0.15, -0.1) is 0 Å². The fraction of sp³-hybridized carbons (Fsp3) is 0.250. The molecule has 7 heteroatoms. The normalized spacial score (nSPS) is 11.1. The van der Waals surface area contributed by atoms with Crippen LogP contribution >= 0.6 is 0 Å². The van der Waals surface area contributed by atoms with Crippen molar-refractivity contribution in [3.8, 4) is 11.8 Å². The van der Waals surface area contributed by atoms with E-state index in [9.17, 15) is 18.0 Å². The number of unbranched alkanes of at least 4 members (excludes halogenated alkanes) is 2. The fourth-order valence-corrected chi connectivity index (χ4v) is 2.05. The Morgan fingerprint density at radius 1 is 1.26 bits per heavy atom.